The number of hydrogen-bond donors (Lipinski definition) is 4. The smallest absolute Gasteiger partial charge is 0.0654 e. The van der Waals surface area contributed by atoms with Gasteiger partial charge in [0.2, 0.25) is 0 Å². The second-order valence-corrected chi connectivity index (χ2v) is 14.6. The lowest BCUT2D eigenvalue weighted by atomic mass is 9.35. The molecule has 190 valence electrons. The average Bonchev–Trinajstić information content (AvgIpc) is 3.08. The molecule has 33 heavy (non-hydrogen) atoms. The van der Waals surface area contributed by atoms with E-state index in [9.17, 15) is 10.2 Å². The summed E-state index contributed by atoms with van der Waals surface area (Å²) in [5, 5.41) is 23.9. The third-order valence-corrected chi connectivity index (χ3v) is 12.7. The van der Waals surface area contributed by atoms with E-state index in [1.807, 2.05) is 6.92 Å². The predicted octanol–water partition coefficient (Wildman–Crippen LogP) is 5.99. The number of aliphatic hydroxyl groups excluding tert-OH is 1. The van der Waals surface area contributed by atoms with Crippen LogP contribution in [0.15, 0.2) is 11.6 Å². The maximum atomic E-state index is 11.8. The average molecular weight is 478 g/mol. The Kier molecular flexibility index (Phi) is 6.73. The second-order valence-electron chi connectivity index (χ2n) is 13.9. The molecule has 4 aliphatic carbocycles. The third-order valence-electron chi connectivity index (χ3n) is 11.9. The molecule has 3 nitrogen and oxygen atoms in total. The second kappa shape index (κ2) is 8.53. The number of rotatable bonds is 4. The number of allylic oxidation sites excluding steroid dienone is 2. The van der Waals surface area contributed by atoms with Crippen molar-refractivity contribution in [2.45, 2.75) is 123 Å². The minimum absolute atomic E-state index is 0.00710. The Morgan fingerprint density at radius 2 is 1.79 bits per heavy atom. The molecule has 0 radical (unpaired) electrons. The van der Waals surface area contributed by atoms with Crippen LogP contribution in [0.4, 0.5) is 0 Å². The molecule has 0 aromatic rings. The summed E-state index contributed by atoms with van der Waals surface area (Å²) in [5.41, 5.74) is 7.87. The molecule has 4 N–H and O–H groups in total. The highest BCUT2D eigenvalue weighted by Gasteiger charge is 2.71. The SMILES string of the molecule is CC(C)=CCCC(C)(O)C1CCC2(C)C1C(O)CC1C3(C)CCC(S)C(C)C3C(N)CC12C. The van der Waals surface area contributed by atoms with Crippen LogP contribution in [-0.4, -0.2) is 33.2 Å². The molecular formula is C29H51NO2S. The first-order valence-electron chi connectivity index (χ1n) is 13.7. The van der Waals surface area contributed by atoms with Crippen molar-refractivity contribution in [2.24, 2.45) is 51.6 Å². The van der Waals surface area contributed by atoms with Crippen molar-refractivity contribution < 1.29 is 10.2 Å². The van der Waals surface area contributed by atoms with Crippen molar-refractivity contribution in [1.82, 2.24) is 0 Å². The van der Waals surface area contributed by atoms with Crippen LogP contribution in [0.2, 0.25) is 0 Å². The number of thiol groups is 1. The Morgan fingerprint density at radius 3 is 2.42 bits per heavy atom. The lowest BCUT2D eigenvalue weighted by Gasteiger charge is -2.70. The molecule has 0 bridgehead atoms. The van der Waals surface area contributed by atoms with E-state index in [2.05, 4.69) is 47.6 Å². The maximum Gasteiger partial charge on any atom is 0.0654 e. The van der Waals surface area contributed by atoms with E-state index in [-0.39, 0.29) is 40.2 Å². The molecule has 4 rings (SSSR count). The number of aliphatic hydroxyl groups is 2. The lowest BCUT2D eigenvalue weighted by molar-refractivity contribution is -0.230. The van der Waals surface area contributed by atoms with Crippen LogP contribution in [0.1, 0.15) is 99.8 Å². The highest BCUT2D eigenvalue weighted by Crippen LogP contribution is 2.74. The third kappa shape index (κ3) is 3.80. The van der Waals surface area contributed by atoms with Gasteiger partial charge in [-0.1, -0.05) is 39.3 Å². The molecule has 0 aromatic heterocycles. The minimum atomic E-state index is -0.750. The van der Waals surface area contributed by atoms with Gasteiger partial charge in [0, 0.05) is 11.3 Å². The van der Waals surface area contributed by atoms with Crippen LogP contribution in [0.25, 0.3) is 0 Å². The Morgan fingerprint density at radius 1 is 1.12 bits per heavy atom. The van der Waals surface area contributed by atoms with Gasteiger partial charge in [0.25, 0.3) is 0 Å². The van der Waals surface area contributed by atoms with Crippen LogP contribution >= 0.6 is 12.6 Å². The molecule has 0 aromatic carbocycles. The van der Waals surface area contributed by atoms with Crippen molar-refractivity contribution in [3.63, 3.8) is 0 Å². The summed E-state index contributed by atoms with van der Waals surface area (Å²) in [6.45, 7) is 16.1. The topological polar surface area (TPSA) is 66.5 Å². The van der Waals surface area contributed by atoms with Gasteiger partial charge in [-0.15, -0.1) is 0 Å². The van der Waals surface area contributed by atoms with Crippen LogP contribution in [0, 0.1) is 45.8 Å². The van der Waals surface area contributed by atoms with Crippen molar-refractivity contribution >= 4 is 12.6 Å². The van der Waals surface area contributed by atoms with Gasteiger partial charge in [-0.25, -0.2) is 0 Å². The molecule has 4 saturated carbocycles. The zero-order chi connectivity index (χ0) is 24.6. The number of hydrogen-bond acceptors (Lipinski definition) is 4. The summed E-state index contributed by atoms with van der Waals surface area (Å²) in [4.78, 5) is 0. The van der Waals surface area contributed by atoms with Gasteiger partial charge in [0.1, 0.15) is 0 Å². The molecule has 0 heterocycles. The van der Waals surface area contributed by atoms with Crippen molar-refractivity contribution in [3.8, 4) is 0 Å². The van der Waals surface area contributed by atoms with Crippen molar-refractivity contribution in [1.29, 1.82) is 0 Å². The van der Waals surface area contributed by atoms with Gasteiger partial charge < -0.3 is 15.9 Å². The van der Waals surface area contributed by atoms with E-state index in [4.69, 9.17) is 18.4 Å². The minimum Gasteiger partial charge on any atom is -0.393 e. The van der Waals surface area contributed by atoms with Crippen LogP contribution in [0.5, 0.6) is 0 Å². The fourth-order valence-electron chi connectivity index (χ4n) is 10.2. The summed E-state index contributed by atoms with van der Waals surface area (Å²) in [6.07, 6.45) is 9.87. The predicted molar refractivity (Wildman–Crippen MR) is 141 cm³/mol. The van der Waals surface area contributed by atoms with Crippen LogP contribution in [-0.2, 0) is 0 Å². The molecule has 0 aliphatic heterocycles. The summed E-state index contributed by atoms with van der Waals surface area (Å²) in [7, 11) is 0. The molecule has 12 unspecified atom stereocenters. The van der Waals surface area contributed by atoms with Gasteiger partial charge in [0.15, 0.2) is 0 Å². The van der Waals surface area contributed by atoms with Gasteiger partial charge in [-0.3, -0.25) is 0 Å². The zero-order valence-corrected chi connectivity index (χ0v) is 23.2. The van der Waals surface area contributed by atoms with E-state index < -0.39 is 5.60 Å². The summed E-state index contributed by atoms with van der Waals surface area (Å²) >= 11 is 4.93. The van der Waals surface area contributed by atoms with E-state index in [0.717, 1.165) is 44.9 Å². The molecule has 0 saturated heterocycles. The fourth-order valence-corrected chi connectivity index (χ4v) is 10.5. The first kappa shape index (κ1) is 26.0. The number of nitrogens with two attached hydrogens (primary N) is 1. The summed E-state index contributed by atoms with van der Waals surface area (Å²) in [6, 6.07) is 0.186. The Labute approximate surface area is 208 Å². The lowest BCUT2D eigenvalue weighted by Crippen LogP contribution is -2.69. The maximum absolute atomic E-state index is 11.8. The molecule has 4 heteroatoms. The summed E-state index contributed by atoms with van der Waals surface area (Å²) in [5.74, 6) is 1.76. The van der Waals surface area contributed by atoms with E-state index in [0.29, 0.717) is 23.0 Å². The Hall–Kier alpha value is -0.0300. The molecule has 0 amide bonds. The monoisotopic (exact) mass is 477 g/mol. The highest BCUT2D eigenvalue weighted by molar-refractivity contribution is 7.81. The first-order valence-corrected chi connectivity index (χ1v) is 14.2. The first-order chi connectivity index (χ1) is 15.2. The van der Waals surface area contributed by atoms with Crippen molar-refractivity contribution in [3.05, 3.63) is 11.6 Å². The van der Waals surface area contributed by atoms with Crippen molar-refractivity contribution in [2.75, 3.05) is 0 Å². The standard InChI is InChI=1S/C29H51NO2S/c1-17(2)9-8-12-29(7,32)19-10-14-27(5)25(19)21(31)15-23-26(4)13-11-22(33)18(3)24(26)20(30)16-28(23,27)6/h9,18-25,31-33H,8,10-16,30H2,1-7H3. The highest BCUT2D eigenvalue weighted by atomic mass is 32.1. The molecule has 0 spiro atoms. The molecule has 4 fully saturated rings. The van der Waals surface area contributed by atoms with Gasteiger partial charge in [0.05, 0.1) is 11.7 Å². The molecular weight excluding hydrogens is 426 g/mol. The quantitative estimate of drug-likeness (QED) is 0.297. The van der Waals surface area contributed by atoms with Crippen LogP contribution in [0.3, 0.4) is 0 Å². The van der Waals surface area contributed by atoms with E-state index >= 15 is 0 Å². The van der Waals surface area contributed by atoms with Gasteiger partial charge >= 0.3 is 0 Å². The molecule has 12 atom stereocenters. The van der Waals surface area contributed by atoms with E-state index in [1.165, 1.54) is 12.0 Å². The fraction of sp³-hybridized carbons (Fsp3) is 0.931. The molecule has 4 aliphatic rings. The summed E-state index contributed by atoms with van der Waals surface area (Å²) < 4.78 is 0. The Bertz CT molecular complexity index is 778. The van der Waals surface area contributed by atoms with Gasteiger partial charge in [-0.2, -0.15) is 12.6 Å². The van der Waals surface area contributed by atoms with E-state index in [1.54, 1.807) is 0 Å². The normalized spacial score (nSPS) is 53.4. The largest absolute Gasteiger partial charge is 0.393 e. The number of fused-ring (bicyclic) bond motifs is 5. The van der Waals surface area contributed by atoms with Crippen LogP contribution < -0.4 is 5.73 Å². The van der Waals surface area contributed by atoms with Gasteiger partial charge in [-0.05, 0) is 118 Å². The zero-order valence-electron chi connectivity index (χ0n) is 22.3. The Balaban J connectivity index is 1.68.